The molecule has 0 aliphatic heterocycles. The number of hydrogen-bond acceptors (Lipinski definition) is 5. The monoisotopic (exact) mass is 316 g/mol. The summed E-state index contributed by atoms with van der Waals surface area (Å²) in [5, 5.41) is 11.2. The maximum atomic E-state index is 12.3. The average Bonchev–Trinajstić information content (AvgIpc) is 2.80. The van der Waals surface area contributed by atoms with E-state index in [1.54, 1.807) is 20.0 Å². The molecule has 0 radical (unpaired) electrons. The number of aryl methyl sites for hydroxylation is 4. The van der Waals surface area contributed by atoms with Gasteiger partial charge in [0.2, 0.25) is 5.91 Å². The summed E-state index contributed by atoms with van der Waals surface area (Å²) in [7, 11) is 1.65. The minimum atomic E-state index is -0.119. The molecule has 0 aromatic carbocycles. The van der Waals surface area contributed by atoms with Crippen molar-refractivity contribution in [2.75, 3.05) is 0 Å². The highest BCUT2D eigenvalue weighted by Gasteiger charge is 2.23. The highest BCUT2D eigenvalue weighted by Crippen LogP contribution is 2.18. The first-order chi connectivity index (χ1) is 10.9. The normalized spacial score (nSPS) is 16.9. The number of carbonyl (C=O) groups is 1. The SMILES string of the molecule is Cc1noc(C)c1CC(=O)N[C@H]1CCc2nn(C)c(=O)cc2C1. The van der Waals surface area contributed by atoms with Crippen molar-refractivity contribution in [1.82, 2.24) is 20.3 Å². The Morgan fingerprint density at radius 1 is 1.48 bits per heavy atom. The number of nitrogens with zero attached hydrogens (tertiary/aromatic N) is 3. The van der Waals surface area contributed by atoms with Crippen molar-refractivity contribution in [3.63, 3.8) is 0 Å². The van der Waals surface area contributed by atoms with E-state index in [0.717, 1.165) is 35.4 Å². The smallest absolute Gasteiger partial charge is 0.266 e. The van der Waals surface area contributed by atoms with E-state index in [-0.39, 0.29) is 23.9 Å². The molecule has 23 heavy (non-hydrogen) atoms. The van der Waals surface area contributed by atoms with Crippen LogP contribution in [0.3, 0.4) is 0 Å². The molecular formula is C16H20N4O3. The van der Waals surface area contributed by atoms with Crippen molar-refractivity contribution in [3.8, 4) is 0 Å². The number of nitrogens with one attached hydrogen (secondary N) is 1. The first-order valence-corrected chi connectivity index (χ1v) is 7.71. The zero-order valence-electron chi connectivity index (χ0n) is 13.5. The molecule has 2 heterocycles. The molecule has 0 bridgehead atoms. The Hall–Kier alpha value is -2.44. The third kappa shape index (κ3) is 3.18. The summed E-state index contributed by atoms with van der Waals surface area (Å²) in [6.45, 7) is 3.64. The van der Waals surface area contributed by atoms with Crippen molar-refractivity contribution in [2.24, 2.45) is 7.05 Å². The van der Waals surface area contributed by atoms with Crippen LogP contribution in [0.1, 0.15) is 34.7 Å². The largest absolute Gasteiger partial charge is 0.361 e. The lowest BCUT2D eigenvalue weighted by molar-refractivity contribution is -0.121. The van der Waals surface area contributed by atoms with Gasteiger partial charge in [0.1, 0.15) is 5.76 Å². The van der Waals surface area contributed by atoms with Crippen molar-refractivity contribution >= 4 is 5.91 Å². The van der Waals surface area contributed by atoms with Crippen LogP contribution in [0, 0.1) is 13.8 Å². The van der Waals surface area contributed by atoms with Crippen LogP contribution in [0.4, 0.5) is 0 Å². The molecule has 0 spiro atoms. The van der Waals surface area contributed by atoms with Gasteiger partial charge in [0.05, 0.1) is 17.8 Å². The van der Waals surface area contributed by atoms with Gasteiger partial charge in [-0.05, 0) is 38.7 Å². The first-order valence-electron chi connectivity index (χ1n) is 7.71. The average molecular weight is 316 g/mol. The second-order valence-corrected chi connectivity index (χ2v) is 6.06. The summed E-state index contributed by atoms with van der Waals surface area (Å²) in [6.07, 6.45) is 2.50. The fourth-order valence-electron chi connectivity index (χ4n) is 3.00. The topological polar surface area (TPSA) is 90.0 Å². The summed E-state index contributed by atoms with van der Waals surface area (Å²) in [5.74, 6) is 0.629. The van der Waals surface area contributed by atoms with E-state index in [0.29, 0.717) is 12.2 Å². The van der Waals surface area contributed by atoms with E-state index < -0.39 is 0 Å². The number of carbonyl (C=O) groups excluding carboxylic acids is 1. The Balaban J connectivity index is 1.66. The molecule has 0 saturated heterocycles. The van der Waals surface area contributed by atoms with Crippen molar-refractivity contribution in [1.29, 1.82) is 0 Å². The van der Waals surface area contributed by atoms with Crippen molar-refractivity contribution in [2.45, 2.75) is 45.6 Å². The highest BCUT2D eigenvalue weighted by atomic mass is 16.5. The lowest BCUT2D eigenvalue weighted by Crippen LogP contribution is -2.40. The lowest BCUT2D eigenvalue weighted by Gasteiger charge is -2.24. The van der Waals surface area contributed by atoms with Crippen LogP contribution >= 0.6 is 0 Å². The van der Waals surface area contributed by atoms with E-state index in [2.05, 4.69) is 15.6 Å². The summed E-state index contributed by atoms with van der Waals surface area (Å²) in [5.41, 5.74) is 3.35. The molecule has 1 amide bonds. The van der Waals surface area contributed by atoms with Gasteiger partial charge < -0.3 is 9.84 Å². The minimum absolute atomic E-state index is 0.0318. The predicted octanol–water partition coefficient (Wildman–Crippen LogP) is 0.601. The van der Waals surface area contributed by atoms with Gasteiger partial charge in [-0.15, -0.1) is 0 Å². The Morgan fingerprint density at radius 2 is 2.26 bits per heavy atom. The second kappa shape index (κ2) is 5.98. The van der Waals surface area contributed by atoms with Crippen LogP contribution in [0.2, 0.25) is 0 Å². The van der Waals surface area contributed by atoms with Crippen molar-refractivity contribution in [3.05, 3.63) is 44.7 Å². The number of hydrogen-bond donors (Lipinski definition) is 1. The summed E-state index contributed by atoms with van der Waals surface area (Å²) in [6, 6.07) is 1.65. The van der Waals surface area contributed by atoms with Gasteiger partial charge in [0.25, 0.3) is 5.56 Å². The van der Waals surface area contributed by atoms with Crippen LogP contribution in [0.25, 0.3) is 0 Å². The van der Waals surface area contributed by atoms with E-state index in [1.807, 2.05) is 6.92 Å². The summed E-state index contributed by atoms with van der Waals surface area (Å²) in [4.78, 5) is 24.0. The molecule has 3 rings (SSSR count). The number of aromatic nitrogens is 3. The number of rotatable bonds is 3. The molecule has 1 aliphatic carbocycles. The van der Waals surface area contributed by atoms with Crippen LogP contribution < -0.4 is 10.9 Å². The van der Waals surface area contributed by atoms with Gasteiger partial charge in [-0.25, -0.2) is 4.68 Å². The molecule has 0 fully saturated rings. The van der Waals surface area contributed by atoms with E-state index in [4.69, 9.17) is 4.52 Å². The molecule has 7 heteroatoms. The molecule has 0 saturated carbocycles. The highest BCUT2D eigenvalue weighted by molar-refractivity contribution is 5.79. The van der Waals surface area contributed by atoms with Gasteiger partial charge in [-0.1, -0.05) is 5.16 Å². The fourth-order valence-corrected chi connectivity index (χ4v) is 3.00. The third-order valence-corrected chi connectivity index (χ3v) is 4.34. The van der Waals surface area contributed by atoms with Gasteiger partial charge in [-0.3, -0.25) is 9.59 Å². The standard InChI is InChI=1S/C16H20N4O3/c1-9-13(10(2)23-19-9)8-15(21)17-12-4-5-14-11(6-12)7-16(22)20(3)18-14/h7,12H,4-6,8H2,1-3H3,(H,17,21)/t12-/m0/s1. The quantitative estimate of drug-likeness (QED) is 0.895. The second-order valence-electron chi connectivity index (χ2n) is 6.06. The first kappa shape index (κ1) is 15.5. The van der Waals surface area contributed by atoms with Gasteiger partial charge >= 0.3 is 0 Å². The molecule has 1 aliphatic rings. The van der Waals surface area contributed by atoms with E-state index >= 15 is 0 Å². The Bertz CT molecular complexity index is 787. The van der Waals surface area contributed by atoms with Crippen LogP contribution in [0.5, 0.6) is 0 Å². The van der Waals surface area contributed by atoms with Crippen LogP contribution in [-0.2, 0) is 31.1 Å². The Morgan fingerprint density at radius 3 is 2.96 bits per heavy atom. The molecule has 1 atom stereocenters. The van der Waals surface area contributed by atoms with Gasteiger partial charge in [0, 0.05) is 24.7 Å². The maximum Gasteiger partial charge on any atom is 0.266 e. The molecule has 7 nitrogen and oxygen atoms in total. The summed E-state index contributed by atoms with van der Waals surface area (Å²) >= 11 is 0. The fraction of sp³-hybridized carbons (Fsp3) is 0.500. The lowest BCUT2D eigenvalue weighted by atomic mass is 9.92. The number of amides is 1. The molecule has 122 valence electrons. The van der Waals surface area contributed by atoms with Crippen molar-refractivity contribution < 1.29 is 9.32 Å². The molecule has 2 aromatic rings. The molecule has 0 unspecified atom stereocenters. The molecule has 2 aromatic heterocycles. The Kier molecular flexibility index (Phi) is 4.02. The third-order valence-electron chi connectivity index (χ3n) is 4.34. The molecule has 1 N–H and O–H groups in total. The predicted molar refractivity (Wildman–Crippen MR) is 83.1 cm³/mol. The van der Waals surface area contributed by atoms with E-state index in [1.165, 1.54) is 4.68 Å². The maximum absolute atomic E-state index is 12.3. The van der Waals surface area contributed by atoms with Gasteiger partial charge in [0.15, 0.2) is 0 Å². The number of fused-ring (bicyclic) bond motifs is 1. The van der Waals surface area contributed by atoms with Gasteiger partial charge in [-0.2, -0.15) is 5.10 Å². The van der Waals surface area contributed by atoms with E-state index in [9.17, 15) is 9.59 Å². The van der Waals surface area contributed by atoms with Crippen LogP contribution in [0.15, 0.2) is 15.4 Å². The minimum Gasteiger partial charge on any atom is -0.361 e. The zero-order valence-corrected chi connectivity index (χ0v) is 13.5. The summed E-state index contributed by atoms with van der Waals surface area (Å²) < 4.78 is 6.44. The zero-order chi connectivity index (χ0) is 16.6. The van der Waals surface area contributed by atoms with Crippen LogP contribution in [-0.4, -0.2) is 26.9 Å². The molecular weight excluding hydrogens is 296 g/mol. The Labute approximate surface area is 133 Å².